The molecule has 21 heavy (non-hydrogen) atoms. The lowest BCUT2D eigenvalue weighted by molar-refractivity contribution is 0.0890. The van der Waals surface area contributed by atoms with Crippen LogP contribution >= 0.6 is 0 Å². The smallest absolute Gasteiger partial charge is 0.251 e. The van der Waals surface area contributed by atoms with Gasteiger partial charge in [-0.05, 0) is 30.4 Å². The minimum atomic E-state index is -0.0815. The molecule has 1 aromatic heterocycles. The quantitative estimate of drug-likeness (QED) is 0.894. The van der Waals surface area contributed by atoms with Crippen LogP contribution in [0.15, 0.2) is 12.1 Å². The molecule has 1 amide bonds. The van der Waals surface area contributed by atoms with Crippen LogP contribution in [0.5, 0.6) is 0 Å². The highest BCUT2D eigenvalue weighted by Crippen LogP contribution is 2.39. The Labute approximate surface area is 127 Å². The van der Waals surface area contributed by atoms with Crippen LogP contribution in [0.2, 0.25) is 0 Å². The normalized spacial score (nSPS) is 17.0. The summed E-state index contributed by atoms with van der Waals surface area (Å²) in [6.45, 7) is 9.31. The van der Waals surface area contributed by atoms with E-state index in [4.69, 9.17) is 0 Å². The van der Waals surface area contributed by atoms with E-state index in [0.717, 1.165) is 18.1 Å². The molecular weight excluding hydrogens is 262 g/mol. The minimum Gasteiger partial charge on any atom is -0.373 e. The molecular formula is C17H27N3O. The van der Waals surface area contributed by atoms with Crippen LogP contribution in [0.3, 0.4) is 0 Å². The molecule has 0 radical (unpaired) electrons. The molecule has 1 aliphatic carbocycles. The van der Waals surface area contributed by atoms with Crippen LogP contribution in [0.1, 0.15) is 63.0 Å². The number of hydrogen-bond acceptors (Lipinski definition) is 3. The van der Waals surface area contributed by atoms with Crippen molar-refractivity contribution in [3.8, 4) is 0 Å². The van der Waals surface area contributed by atoms with E-state index in [1.807, 2.05) is 19.2 Å². The van der Waals surface area contributed by atoms with Crippen molar-refractivity contribution in [2.45, 2.75) is 52.4 Å². The summed E-state index contributed by atoms with van der Waals surface area (Å²) >= 11 is 0. The molecule has 4 heteroatoms. The van der Waals surface area contributed by atoms with Gasteiger partial charge in [0.25, 0.3) is 5.91 Å². The fourth-order valence-corrected chi connectivity index (χ4v) is 2.53. The maximum absolute atomic E-state index is 12.4. The van der Waals surface area contributed by atoms with Crippen molar-refractivity contribution < 1.29 is 4.79 Å². The highest BCUT2D eigenvalue weighted by Gasteiger charge is 2.32. The third kappa shape index (κ3) is 3.74. The van der Waals surface area contributed by atoms with Gasteiger partial charge >= 0.3 is 0 Å². The maximum Gasteiger partial charge on any atom is 0.251 e. The topological polar surface area (TPSA) is 54.0 Å². The Morgan fingerprint density at radius 2 is 2.00 bits per heavy atom. The van der Waals surface area contributed by atoms with Gasteiger partial charge in [-0.1, -0.05) is 34.1 Å². The summed E-state index contributed by atoms with van der Waals surface area (Å²) in [4.78, 5) is 17.0. The Morgan fingerprint density at radius 3 is 2.48 bits per heavy atom. The summed E-state index contributed by atoms with van der Waals surface area (Å²) in [6.07, 6.45) is 3.69. The molecule has 1 aliphatic rings. The van der Waals surface area contributed by atoms with Crippen LogP contribution in [0.4, 0.5) is 5.82 Å². The predicted octanol–water partition coefficient (Wildman–Crippen LogP) is 3.34. The number of nitrogens with zero attached hydrogens (tertiary/aromatic N) is 1. The number of pyridine rings is 1. The highest BCUT2D eigenvalue weighted by molar-refractivity contribution is 5.95. The molecule has 1 saturated carbocycles. The zero-order valence-corrected chi connectivity index (χ0v) is 13.8. The first kappa shape index (κ1) is 15.8. The van der Waals surface area contributed by atoms with Gasteiger partial charge in [-0.15, -0.1) is 0 Å². The molecule has 1 heterocycles. The van der Waals surface area contributed by atoms with Crippen LogP contribution in [-0.4, -0.2) is 24.5 Å². The molecule has 0 atom stereocenters. The number of aromatic nitrogens is 1. The second-order valence-corrected chi connectivity index (χ2v) is 7.47. The standard InChI is InChI=1S/C17H27N3O/c1-16(2,3)13-9-12(10-14(18-5)20-13)15(21)19-11-17(4)7-6-8-17/h9-10H,6-8,11H2,1-5H3,(H,18,20)(H,19,21). The lowest BCUT2D eigenvalue weighted by Gasteiger charge is -2.38. The van der Waals surface area contributed by atoms with E-state index in [0.29, 0.717) is 11.0 Å². The number of nitrogens with one attached hydrogen (secondary N) is 2. The zero-order valence-electron chi connectivity index (χ0n) is 13.8. The van der Waals surface area contributed by atoms with Gasteiger partial charge in [-0.25, -0.2) is 4.98 Å². The predicted molar refractivity (Wildman–Crippen MR) is 86.8 cm³/mol. The summed E-state index contributed by atoms with van der Waals surface area (Å²) in [5.74, 6) is 0.731. The van der Waals surface area contributed by atoms with Gasteiger partial charge in [0.2, 0.25) is 0 Å². The molecule has 2 rings (SSSR count). The van der Waals surface area contributed by atoms with E-state index >= 15 is 0 Å². The molecule has 0 spiro atoms. The number of rotatable bonds is 4. The van der Waals surface area contributed by atoms with E-state index in [9.17, 15) is 4.79 Å². The zero-order chi connectivity index (χ0) is 15.7. The SMILES string of the molecule is CNc1cc(C(=O)NCC2(C)CCC2)cc(C(C)(C)C)n1. The first-order valence-corrected chi connectivity index (χ1v) is 7.72. The fraction of sp³-hybridized carbons (Fsp3) is 0.647. The van der Waals surface area contributed by atoms with Crippen molar-refractivity contribution in [1.29, 1.82) is 0 Å². The summed E-state index contributed by atoms with van der Waals surface area (Å²) in [5.41, 5.74) is 1.82. The van der Waals surface area contributed by atoms with Crippen LogP contribution in [0.25, 0.3) is 0 Å². The van der Waals surface area contributed by atoms with Crippen molar-refractivity contribution >= 4 is 11.7 Å². The monoisotopic (exact) mass is 289 g/mol. The molecule has 4 nitrogen and oxygen atoms in total. The minimum absolute atomic E-state index is 0.00692. The summed E-state index contributed by atoms with van der Waals surface area (Å²) in [6, 6.07) is 3.72. The Bertz CT molecular complexity index is 527. The van der Waals surface area contributed by atoms with Crippen molar-refractivity contribution in [3.05, 3.63) is 23.4 Å². The van der Waals surface area contributed by atoms with E-state index in [2.05, 4.69) is 43.3 Å². The van der Waals surface area contributed by atoms with Gasteiger partial charge in [0.15, 0.2) is 0 Å². The molecule has 0 saturated heterocycles. The highest BCUT2D eigenvalue weighted by atomic mass is 16.1. The second kappa shape index (κ2) is 5.66. The van der Waals surface area contributed by atoms with Crippen molar-refractivity contribution in [1.82, 2.24) is 10.3 Å². The molecule has 2 N–H and O–H groups in total. The molecule has 0 aliphatic heterocycles. The van der Waals surface area contributed by atoms with Crippen molar-refractivity contribution in [2.75, 3.05) is 18.9 Å². The summed E-state index contributed by atoms with van der Waals surface area (Å²) in [5, 5.41) is 6.12. The third-order valence-electron chi connectivity index (χ3n) is 4.35. The molecule has 0 unspecified atom stereocenters. The van der Waals surface area contributed by atoms with Gasteiger partial charge in [-0.2, -0.15) is 0 Å². The first-order valence-electron chi connectivity index (χ1n) is 7.72. The first-order chi connectivity index (χ1) is 9.73. The van der Waals surface area contributed by atoms with Gasteiger partial charge in [0, 0.05) is 30.3 Å². The number of amides is 1. The average molecular weight is 289 g/mol. The van der Waals surface area contributed by atoms with E-state index in [1.165, 1.54) is 19.3 Å². The van der Waals surface area contributed by atoms with E-state index < -0.39 is 0 Å². The van der Waals surface area contributed by atoms with Gasteiger partial charge in [0.1, 0.15) is 5.82 Å². The van der Waals surface area contributed by atoms with Crippen molar-refractivity contribution in [2.24, 2.45) is 5.41 Å². The Balaban J connectivity index is 2.15. The third-order valence-corrected chi connectivity index (χ3v) is 4.35. The second-order valence-electron chi connectivity index (χ2n) is 7.47. The largest absolute Gasteiger partial charge is 0.373 e. The van der Waals surface area contributed by atoms with Crippen LogP contribution < -0.4 is 10.6 Å². The fourth-order valence-electron chi connectivity index (χ4n) is 2.53. The molecule has 116 valence electrons. The average Bonchev–Trinajstić information content (AvgIpc) is 2.41. The Hall–Kier alpha value is -1.58. The molecule has 0 bridgehead atoms. The number of carbonyl (C=O) groups is 1. The van der Waals surface area contributed by atoms with Crippen LogP contribution in [0, 0.1) is 5.41 Å². The van der Waals surface area contributed by atoms with Crippen LogP contribution in [-0.2, 0) is 5.41 Å². The van der Waals surface area contributed by atoms with Gasteiger partial charge in [0.05, 0.1) is 0 Å². The van der Waals surface area contributed by atoms with Gasteiger partial charge in [-0.3, -0.25) is 4.79 Å². The van der Waals surface area contributed by atoms with E-state index in [1.54, 1.807) is 0 Å². The number of carbonyl (C=O) groups excluding carboxylic acids is 1. The Morgan fingerprint density at radius 1 is 1.33 bits per heavy atom. The molecule has 1 aromatic rings. The lowest BCUT2D eigenvalue weighted by Crippen LogP contribution is -2.40. The lowest BCUT2D eigenvalue weighted by atomic mass is 9.70. The Kier molecular flexibility index (Phi) is 4.26. The summed E-state index contributed by atoms with van der Waals surface area (Å²) in [7, 11) is 1.83. The van der Waals surface area contributed by atoms with E-state index in [-0.39, 0.29) is 11.3 Å². The van der Waals surface area contributed by atoms with Crippen molar-refractivity contribution in [3.63, 3.8) is 0 Å². The van der Waals surface area contributed by atoms with Gasteiger partial charge < -0.3 is 10.6 Å². The maximum atomic E-state index is 12.4. The number of hydrogen-bond donors (Lipinski definition) is 2. The summed E-state index contributed by atoms with van der Waals surface area (Å²) < 4.78 is 0. The molecule has 1 fully saturated rings. The molecule has 0 aromatic carbocycles. The number of anilines is 1.